The Kier molecular flexibility index (Phi) is 6.78. The van der Waals surface area contributed by atoms with E-state index in [1.165, 1.54) is 6.42 Å². The van der Waals surface area contributed by atoms with E-state index in [9.17, 15) is 14.4 Å². The monoisotopic (exact) mass is 332 g/mol. The predicted molar refractivity (Wildman–Crippen MR) is 91.3 cm³/mol. The molecule has 1 aromatic carbocycles. The fraction of sp³-hybridized carbons (Fsp3) is 0.500. The lowest BCUT2D eigenvalue weighted by atomic mass is 10.0. The largest absolute Gasteiger partial charge is 0.482 e. The summed E-state index contributed by atoms with van der Waals surface area (Å²) in [4.78, 5) is 35.3. The molecule has 0 aliphatic carbocycles. The molecular formula is C18H24N2O4. The van der Waals surface area contributed by atoms with E-state index in [1.807, 2.05) is 0 Å². The van der Waals surface area contributed by atoms with Crippen LogP contribution in [0.4, 0.5) is 5.69 Å². The highest BCUT2D eigenvalue weighted by Gasteiger charge is 2.18. The third kappa shape index (κ3) is 5.37. The molecule has 0 radical (unpaired) electrons. The van der Waals surface area contributed by atoms with E-state index in [-0.39, 0.29) is 37.0 Å². The van der Waals surface area contributed by atoms with Gasteiger partial charge in [0.25, 0.3) is 5.91 Å². The van der Waals surface area contributed by atoms with Gasteiger partial charge >= 0.3 is 0 Å². The van der Waals surface area contributed by atoms with Crippen molar-refractivity contribution in [3.05, 3.63) is 23.8 Å². The molecule has 1 heterocycles. The molecule has 2 rings (SSSR count). The minimum absolute atomic E-state index is 0.0152. The third-order valence-corrected chi connectivity index (χ3v) is 3.87. The molecule has 0 saturated carbocycles. The summed E-state index contributed by atoms with van der Waals surface area (Å²) in [5.74, 6) is 0.0822. The Bertz CT molecular complexity index is 613. The smallest absolute Gasteiger partial charge is 0.262 e. The molecule has 0 bridgehead atoms. The van der Waals surface area contributed by atoms with Gasteiger partial charge in [-0.15, -0.1) is 0 Å². The van der Waals surface area contributed by atoms with Crippen molar-refractivity contribution in [3.8, 4) is 5.75 Å². The lowest BCUT2D eigenvalue weighted by Crippen LogP contribution is -2.26. The van der Waals surface area contributed by atoms with Gasteiger partial charge in [0.1, 0.15) is 5.75 Å². The van der Waals surface area contributed by atoms with E-state index in [4.69, 9.17) is 4.74 Å². The molecule has 24 heavy (non-hydrogen) atoms. The van der Waals surface area contributed by atoms with Crippen LogP contribution in [0.3, 0.4) is 0 Å². The van der Waals surface area contributed by atoms with Crippen LogP contribution in [0.5, 0.6) is 5.75 Å². The number of nitrogens with one attached hydrogen (secondary N) is 2. The number of carbonyl (C=O) groups is 3. The summed E-state index contributed by atoms with van der Waals surface area (Å²) in [5, 5.41) is 5.51. The number of fused-ring (bicyclic) bond motifs is 1. The zero-order valence-electron chi connectivity index (χ0n) is 14.0. The second kappa shape index (κ2) is 9.05. The van der Waals surface area contributed by atoms with Gasteiger partial charge in [0.05, 0.1) is 5.69 Å². The number of unbranched alkanes of at least 4 members (excludes halogenated alkanes) is 3. The Morgan fingerprint density at radius 3 is 2.83 bits per heavy atom. The first-order valence-corrected chi connectivity index (χ1v) is 8.46. The van der Waals surface area contributed by atoms with Gasteiger partial charge in [-0.05, 0) is 24.6 Å². The van der Waals surface area contributed by atoms with Gasteiger partial charge in [-0.25, -0.2) is 0 Å². The topological polar surface area (TPSA) is 84.5 Å². The first-order valence-electron chi connectivity index (χ1n) is 8.46. The van der Waals surface area contributed by atoms with Crippen LogP contribution in [0.25, 0.3) is 0 Å². The highest BCUT2D eigenvalue weighted by molar-refractivity contribution is 6.01. The predicted octanol–water partition coefficient (Wildman–Crippen LogP) is 2.68. The van der Waals surface area contributed by atoms with Crippen molar-refractivity contribution in [2.75, 3.05) is 18.5 Å². The van der Waals surface area contributed by atoms with Crippen LogP contribution in [0, 0.1) is 0 Å². The van der Waals surface area contributed by atoms with Gasteiger partial charge in [-0.1, -0.05) is 26.2 Å². The molecule has 2 N–H and O–H groups in total. The number of Topliss-reactive ketones (excluding diaryl/α,β-unsaturated/α-hetero) is 1. The number of benzene rings is 1. The van der Waals surface area contributed by atoms with E-state index >= 15 is 0 Å². The van der Waals surface area contributed by atoms with Crippen molar-refractivity contribution < 1.29 is 19.1 Å². The minimum Gasteiger partial charge on any atom is -0.482 e. The number of ketones is 1. The number of carbonyl (C=O) groups excluding carboxylic acids is 3. The van der Waals surface area contributed by atoms with Crippen LogP contribution >= 0.6 is 0 Å². The zero-order valence-corrected chi connectivity index (χ0v) is 14.0. The van der Waals surface area contributed by atoms with Gasteiger partial charge in [-0.2, -0.15) is 0 Å². The summed E-state index contributed by atoms with van der Waals surface area (Å²) < 4.78 is 5.25. The molecule has 0 unspecified atom stereocenters. The molecule has 1 aromatic rings. The summed E-state index contributed by atoms with van der Waals surface area (Å²) in [6, 6.07) is 4.91. The van der Waals surface area contributed by atoms with E-state index in [2.05, 4.69) is 17.6 Å². The Labute approximate surface area is 142 Å². The molecule has 0 atom stereocenters. The highest BCUT2D eigenvalue weighted by Crippen LogP contribution is 2.28. The Hall–Kier alpha value is -2.37. The molecule has 2 amide bonds. The number of hydrogen-bond donors (Lipinski definition) is 2. The molecular weight excluding hydrogens is 308 g/mol. The summed E-state index contributed by atoms with van der Waals surface area (Å²) in [5.41, 5.74) is 0.966. The van der Waals surface area contributed by atoms with Gasteiger partial charge < -0.3 is 15.4 Å². The zero-order chi connectivity index (χ0) is 17.4. The maximum absolute atomic E-state index is 12.2. The fourth-order valence-corrected chi connectivity index (χ4v) is 2.50. The van der Waals surface area contributed by atoms with Crippen molar-refractivity contribution in [2.24, 2.45) is 0 Å². The summed E-state index contributed by atoms with van der Waals surface area (Å²) in [7, 11) is 0. The number of amides is 2. The lowest BCUT2D eigenvalue weighted by molar-refractivity contribution is -0.121. The number of ether oxygens (including phenoxy) is 1. The standard InChI is InChI=1S/C18H24N2O4/c1-2-3-4-5-10-19-17(22)9-7-15(21)13-6-8-16-14(11-13)20-18(23)12-24-16/h6,8,11H,2-5,7,9-10,12H2,1H3,(H,19,22)(H,20,23). The van der Waals surface area contributed by atoms with Crippen LogP contribution in [-0.4, -0.2) is 30.7 Å². The van der Waals surface area contributed by atoms with Gasteiger partial charge in [0.2, 0.25) is 5.91 Å². The fourth-order valence-electron chi connectivity index (χ4n) is 2.50. The highest BCUT2D eigenvalue weighted by atomic mass is 16.5. The van der Waals surface area contributed by atoms with Crippen molar-refractivity contribution in [1.82, 2.24) is 5.32 Å². The van der Waals surface area contributed by atoms with Crippen LogP contribution in [-0.2, 0) is 9.59 Å². The van der Waals surface area contributed by atoms with Crippen LogP contribution < -0.4 is 15.4 Å². The van der Waals surface area contributed by atoms with Crippen LogP contribution in [0.15, 0.2) is 18.2 Å². The number of anilines is 1. The first-order chi connectivity index (χ1) is 11.6. The van der Waals surface area contributed by atoms with Gasteiger partial charge in [0, 0.05) is 24.9 Å². The maximum Gasteiger partial charge on any atom is 0.262 e. The van der Waals surface area contributed by atoms with Crippen molar-refractivity contribution in [1.29, 1.82) is 0 Å². The summed E-state index contributed by atoms with van der Waals surface area (Å²) >= 11 is 0. The quantitative estimate of drug-likeness (QED) is 0.538. The molecule has 1 aliphatic heterocycles. The van der Waals surface area contributed by atoms with Crippen molar-refractivity contribution >= 4 is 23.3 Å². The summed E-state index contributed by atoms with van der Waals surface area (Å²) in [6.07, 6.45) is 4.74. The van der Waals surface area contributed by atoms with Gasteiger partial charge in [-0.3, -0.25) is 14.4 Å². The van der Waals surface area contributed by atoms with Crippen molar-refractivity contribution in [3.63, 3.8) is 0 Å². The number of hydrogen-bond acceptors (Lipinski definition) is 4. The second-order valence-electron chi connectivity index (χ2n) is 5.88. The van der Waals surface area contributed by atoms with Crippen LogP contribution in [0.2, 0.25) is 0 Å². The Morgan fingerprint density at radius 2 is 2.04 bits per heavy atom. The molecule has 0 spiro atoms. The average molecular weight is 332 g/mol. The Morgan fingerprint density at radius 1 is 1.21 bits per heavy atom. The second-order valence-corrected chi connectivity index (χ2v) is 5.88. The maximum atomic E-state index is 12.2. The average Bonchev–Trinajstić information content (AvgIpc) is 2.58. The molecule has 6 nitrogen and oxygen atoms in total. The molecule has 6 heteroatoms. The molecule has 0 aromatic heterocycles. The summed E-state index contributed by atoms with van der Waals surface area (Å²) in [6.45, 7) is 2.79. The number of rotatable bonds is 9. The van der Waals surface area contributed by atoms with E-state index < -0.39 is 0 Å². The van der Waals surface area contributed by atoms with Crippen LogP contribution in [0.1, 0.15) is 55.8 Å². The molecule has 1 aliphatic rings. The Balaban J connectivity index is 1.77. The van der Waals surface area contributed by atoms with E-state index in [1.54, 1.807) is 18.2 Å². The van der Waals surface area contributed by atoms with Gasteiger partial charge in [0.15, 0.2) is 12.4 Å². The SMILES string of the molecule is CCCCCCNC(=O)CCC(=O)c1ccc2c(c1)NC(=O)CO2. The molecule has 0 fully saturated rings. The molecule has 130 valence electrons. The third-order valence-electron chi connectivity index (χ3n) is 3.87. The lowest BCUT2D eigenvalue weighted by Gasteiger charge is -2.18. The van der Waals surface area contributed by atoms with E-state index in [0.717, 1.165) is 19.3 Å². The van der Waals surface area contributed by atoms with E-state index in [0.29, 0.717) is 23.5 Å². The first kappa shape index (κ1) is 18.0. The molecule has 0 saturated heterocycles. The normalized spacial score (nSPS) is 12.8. The van der Waals surface area contributed by atoms with Crippen molar-refractivity contribution in [2.45, 2.75) is 45.4 Å². The minimum atomic E-state index is -0.241.